The summed E-state index contributed by atoms with van der Waals surface area (Å²) in [5.41, 5.74) is 0.391. The molecule has 0 aromatic heterocycles. The van der Waals surface area contributed by atoms with Gasteiger partial charge in [-0.1, -0.05) is 6.92 Å². The molecule has 2 rings (SSSR count). The first-order valence-corrected chi connectivity index (χ1v) is 7.37. The van der Waals surface area contributed by atoms with Gasteiger partial charge in [0.15, 0.2) is 0 Å². The van der Waals surface area contributed by atoms with Crippen molar-refractivity contribution in [3.63, 3.8) is 0 Å². The lowest BCUT2D eigenvalue weighted by Crippen LogP contribution is -2.51. The van der Waals surface area contributed by atoms with Crippen molar-refractivity contribution < 1.29 is 14.4 Å². The zero-order chi connectivity index (χ0) is 15.8. The number of rotatable bonds is 3. The van der Waals surface area contributed by atoms with Gasteiger partial charge >= 0.3 is 6.03 Å². The maximum atomic E-state index is 12.7. The van der Waals surface area contributed by atoms with Crippen LogP contribution in [0.1, 0.15) is 46.5 Å². The van der Waals surface area contributed by atoms with Crippen LogP contribution in [-0.4, -0.2) is 34.8 Å². The molecule has 118 valence electrons. The van der Waals surface area contributed by atoms with E-state index in [2.05, 4.69) is 17.7 Å². The van der Waals surface area contributed by atoms with Crippen molar-refractivity contribution in [3.05, 3.63) is 0 Å². The van der Waals surface area contributed by atoms with Crippen LogP contribution >= 0.6 is 0 Å². The summed E-state index contributed by atoms with van der Waals surface area (Å²) in [4.78, 5) is 37.7. The fraction of sp³-hybridized carbons (Fsp3) is 0.786. The number of amides is 4. The molecule has 1 aliphatic carbocycles. The van der Waals surface area contributed by atoms with Crippen molar-refractivity contribution in [2.45, 2.75) is 52.0 Å². The Morgan fingerprint density at radius 1 is 1.43 bits per heavy atom. The van der Waals surface area contributed by atoms with Crippen LogP contribution in [0.5, 0.6) is 0 Å². The van der Waals surface area contributed by atoms with E-state index in [-0.39, 0.29) is 12.5 Å². The van der Waals surface area contributed by atoms with E-state index in [0.717, 1.165) is 17.7 Å². The largest absolute Gasteiger partial charge is 0.325 e. The lowest BCUT2D eigenvalue weighted by atomic mass is 9.77. The Bertz CT molecular complexity index is 467. The summed E-state index contributed by atoms with van der Waals surface area (Å²) in [7, 11) is 0. The Balaban J connectivity index is 2.14. The summed E-state index contributed by atoms with van der Waals surface area (Å²) in [6.07, 6.45) is 3.18. The van der Waals surface area contributed by atoms with Crippen molar-refractivity contribution in [2.75, 3.05) is 6.54 Å². The highest BCUT2D eigenvalue weighted by Crippen LogP contribution is 2.37. The normalized spacial score (nSPS) is 29.7. The number of urea groups is 1. The lowest BCUT2D eigenvalue weighted by molar-refractivity contribution is -0.136. The number of nitrogens with one attached hydrogen (secondary N) is 2. The molecule has 1 spiro atoms. The van der Waals surface area contributed by atoms with Gasteiger partial charge in [0.1, 0.15) is 5.54 Å². The predicted molar refractivity (Wildman–Crippen MR) is 76.7 cm³/mol. The first kappa shape index (κ1) is 15.8. The molecule has 0 unspecified atom stereocenters. The van der Waals surface area contributed by atoms with Crippen molar-refractivity contribution >= 4 is 17.8 Å². The average Bonchev–Trinajstić information content (AvgIpc) is 2.66. The first-order valence-electron chi connectivity index (χ1n) is 7.37. The van der Waals surface area contributed by atoms with Crippen LogP contribution in [0.4, 0.5) is 4.79 Å². The summed E-state index contributed by atoms with van der Waals surface area (Å²) in [5, 5.41) is 2.84. The zero-order valence-electron chi connectivity index (χ0n) is 12.9. The SMILES string of the molecule is CC1CCC2(CC1)NC(=O)N(CC(C)(C)C(=O)NN)C2=O. The molecule has 1 aliphatic heterocycles. The lowest BCUT2D eigenvalue weighted by Gasteiger charge is -2.34. The van der Waals surface area contributed by atoms with Crippen LogP contribution in [0.15, 0.2) is 0 Å². The van der Waals surface area contributed by atoms with E-state index in [1.165, 1.54) is 0 Å². The number of hydrogen-bond acceptors (Lipinski definition) is 4. The Morgan fingerprint density at radius 3 is 2.52 bits per heavy atom. The van der Waals surface area contributed by atoms with Crippen molar-refractivity contribution in [1.82, 2.24) is 15.6 Å². The van der Waals surface area contributed by atoms with E-state index in [1.807, 2.05) is 0 Å². The van der Waals surface area contributed by atoms with Gasteiger partial charge in [-0.25, -0.2) is 10.6 Å². The van der Waals surface area contributed by atoms with Gasteiger partial charge in [0.05, 0.1) is 5.41 Å². The van der Waals surface area contributed by atoms with Crippen LogP contribution in [0, 0.1) is 11.3 Å². The molecule has 0 bridgehead atoms. The van der Waals surface area contributed by atoms with Gasteiger partial charge in [0.25, 0.3) is 5.91 Å². The molecule has 0 atom stereocenters. The van der Waals surface area contributed by atoms with Crippen molar-refractivity contribution in [3.8, 4) is 0 Å². The molecule has 1 saturated heterocycles. The van der Waals surface area contributed by atoms with E-state index in [4.69, 9.17) is 5.84 Å². The number of hydrogen-bond donors (Lipinski definition) is 3. The number of carbonyl (C=O) groups is 3. The van der Waals surface area contributed by atoms with Crippen LogP contribution in [0.3, 0.4) is 0 Å². The number of carbonyl (C=O) groups excluding carboxylic acids is 3. The number of nitrogens with two attached hydrogens (primary N) is 1. The molecule has 4 N–H and O–H groups in total. The smallest absolute Gasteiger partial charge is 0.323 e. The second-order valence-corrected chi connectivity index (χ2v) is 6.94. The molecule has 1 heterocycles. The van der Waals surface area contributed by atoms with E-state index in [0.29, 0.717) is 18.8 Å². The third-order valence-electron chi connectivity index (χ3n) is 4.67. The first-order chi connectivity index (χ1) is 9.72. The summed E-state index contributed by atoms with van der Waals surface area (Å²) in [5.74, 6) is 5.11. The maximum absolute atomic E-state index is 12.7. The standard InChI is InChI=1S/C14H24N4O3/c1-9-4-6-14(7-5-9)11(20)18(12(21)16-14)8-13(2,3)10(19)17-15/h9H,4-8,15H2,1-3H3,(H,16,21)(H,17,19). The van der Waals surface area contributed by atoms with Crippen molar-refractivity contribution in [1.29, 1.82) is 0 Å². The average molecular weight is 296 g/mol. The summed E-state index contributed by atoms with van der Waals surface area (Å²) < 4.78 is 0. The van der Waals surface area contributed by atoms with E-state index in [1.54, 1.807) is 13.8 Å². The second kappa shape index (κ2) is 5.29. The maximum Gasteiger partial charge on any atom is 0.325 e. The molecule has 1 saturated carbocycles. The topological polar surface area (TPSA) is 105 Å². The van der Waals surface area contributed by atoms with Gasteiger partial charge in [-0.05, 0) is 45.4 Å². The van der Waals surface area contributed by atoms with E-state index < -0.39 is 22.9 Å². The molecule has 7 heteroatoms. The minimum absolute atomic E-state index is 0.0258. The molecule has 21 heavy (non-hydrogen) atoms. The Morgan fingerprint density at radius 2 is 2.00 bits per heavy atom. The summed E-state index contributed by atoms with van der Waals surface area (Å²) >= 11 is 0. The van der Waals surface area contributed by atoms with Crippen LogP contribution < -0.4 is 16.6 Å². The summed E-state index contributed by atoms with van der Waals surface area (Å²) in [6.45, 7) is 5.49. The van der Waals surface area contributed by atoms with Crippen LogP contribution in [-0.2, 0) is 9.59 Å². The molecule has 7 nitrogen and oxygen atoms in total. The molecule has 4 amide bonds. The third-order valence-corrected chi connectivity index (χ3v) is 4.67. The van der Waals surface area contributed by atoms with Crippen LogP contribution in [0.25, 0.3) is 0 Å². The van der Waals surface area contributed by atoms with Gasteiger partial charge in [0, 0.05) is 6.54 Å². The fourth-order valence-electron chi connectivity index (χ4n) is 3.08. The number of hydrazine groups is 1. The predicted octanol–water partition coefficient (Wildman–Crippen LogP) is 0.503. The van der Waals surface area contributed by atoms with E-state index >= 15 is 0 Å². The molecule has 0 aromatic carbocycles. The second-order valence-electron chi connectivity index (χ2n) is 6.94. The molecule has 2 aliphatic rings. The Labute approximate surface area is 124 Å². The monoisotopic (exact) mass is 296 g/mol. The molecular weight excluding hydrogens is 272 g/mol. The minimum Gasteiger partial charge on any atom is -0.323 e. The van der Waals surface area contributed by atoms with Crippen LogP contribution in [0.2, 0.25) is 0 Å². The van der Waals surface area contributed by atoms with Gasteiger partial charge < -0.3 is 5.32 Å². The highest BCUT2D eigenvalue weighted by Gasteiger charge is 2.53. The molecule has 0 aromatic rings. The van der Waals surface area contributed by atoms with E-state index in [9.17, 15) is 14.4 Å². The minimum atomic E-state index is -0.921. The highest BCUT2D eigenvalue weighted by atomic mass is 16.2. The zero-order valence-corrected chi connectivity index (χ0v) is 12.9. The fourth-order valence-corrected chi connectivity index (χ4v) is 3.08. The van der Waals surface area contributed by atoms with Gasteiger partial charge in [0.2, 0.25) is 5.91 Å². The highest BCUT2D eigenvalue weighted by molar-refractivity contribution is 6.07. The van der Waals surface area contributed by atoms with Gasteiger partial charge in [-0.15, -0.1) is 0 Å². The number of imide groups is 1. The number of nitrogens with zero attached hydrogens (tertiary/aromatic N) is 1. The van der Waals surface area contributed by atoms with Crippen molar-refractivity contribution in [2.24, 2.45) is 17.2 Å². The Hall–Kier alpha value is -1.63. The molecule has 0 radical (unpaired) electrons. The molecule has 2 fully saturated rings. The quantitative estimate of drug-likeness (QED) is 0.305. The van der Waals surface area contributed by atoms with Gasteiger partial charge in [-0.2, -0.15) is 0 Å². The third kappa shape index (κ3) is 2.74. The Kier molecular flexibility index (Phi) is 3.97. The molecular formula is C14H24N4O3. The van der Waals surface area contributed by atoms with Gasteiger partial charge in [-0.3, -0.25) is 19.9 Å². The summed E-state index contributed by atoms with van der Waals surface area (Å²) in [6, 6.07) is -0.410.